The quantitative estimate of drug-likeness (QED) is 0.837. The monoisotopic (exact) mass is 351 g/mol. The molecule has 2 aliphatic rings. The molecule has 2 aliphatic carbocycles. The van der Waals surface area contributed by atoms with E-state index >= 15 is 0 Å². The van der Waals surface area contributed by atoms with Gasteiger partial charge in [0, 0.05) is 22.4 Å². The van der Waals surface area contributed by atoms with Gasteiger partial charge in [-0.25, -0.2) is 0 Å². The van der Waals surface area contributed by atoms with Crippen molar-refractivity contribution < 1.29 is 4.74 Å². The van der Waals surface area contributed by atoms with Gasteiger partial charge in [0.2, 0.25) is 0 Å². The van der Waals surface area contributed by atoms with Crippen LogP contribution in [0.3, 0.4) is 0 Å². The van der Waals surface area contributed by atoms with Crippen molar-refractivity contribution in [1.29, 1.82) is 0 Å². The first-order valence-corrected chi connectivity index (χ1v) is 9.11. The fourth-order valence-electron chi connectivity index (χ4n) is 4.18. The number of aryl methyl sites for hydroxylation is 1. The summed E-state index contributed by atoms with van der Waals surface area (Å²) in [7, 11) is 0. The van der Waals surface area contributed by atoms with Crippen LogP contribution in [0.2, 0.25) is 0 Å². The van der Waals surface area contributed by atoms with Gasteiger partial charge in [-0.1, -0.05) is 48.2 Å². The van der Waals surface area contributed by atoms with Gasteiger partial charge in [0.15, 0.2) is 0 Å². The summed E-state index contributed by atoms with van der Waals surface area (Å²) in [5, 5.41) is 3.70. The molecule has 0 bridgehead atoms. The van der Waals surface area contributed by atoms with Crippen LogP contribution in [0, 0.1) is 12.3 Å². The third-order valence-corrected chi connectivity index (χ3v) is 5.93. The summed E-state index contributed by atoms with van der Waals surface area (Å²) in [6.07, 6.45) is 8.29. The predicted molar refractivity (Wildman–Crippen MR) is 90.9 cm³/mol. The molecule has 1 aromatic carbocycles. The molecule has 0 saturated heterocycles. The van der Waals surface area contributed by atoms with Gasteiger partial charge in [0.25, 0.3) is 0 Å². The minimum Gasteiger partial charge on any atom is -0.489 e. The van der Waals surface area contributed by atoms with Crippen LogP contribution >= 0.6 is 15.9 Å². The largest absolute Gasteiger partial charge is 0.489 e. The van der Waals surface area contributed by atoms with Crippen LogP contribution in [-0.4, -0.2) is 18.7 Å². The van der Waals surface area contributed by atoms with Gasteiger partial charge >= 0.3 is 0 Å². The lowest BCUT2D eigenvalue weighted by Gasteiger charge is -2.57. The molecule has 0 aromatic heterocycles. The van der Waals surface area contributed by atoms with Crippen LogP contribution in [0.5, 0.6) is 5.75 Å². The lowest BCUT2D eigenvalue weighted by atomic mass is 9.55. The van der Waals surface area contributed by atoms with E-state index in [-0.39, 0.29) is 0 Å². The van der Waals surface area contributed by atoms with E-state index in [9.17, 15) is 0 Å². The minimum absolute atomic E-state index is 0.378. The maximum absolute atomic E-state index is 6.46. The fourth-order valence-corrected chi connectivity index (χ4v) is 4.52. The molecule has 1 N–H and O–H groups in total. The second-order valence-electron chi connectivity index (χ2n) is 6.66. The summed E-state index contributed by atoms with van der Waals surface area (Å²) < 4.78 is 7.56. The van der Waals surface area contributed by atoms with Gasteiger partial charge in [-0.05, 0) is 44.0 Å². The lowest BCUT2D eigenvalue weighted by molar-refractivity contribution is -0.102. The molecule has 0 aliphatic heterocycles. The average molecular weight is 352 g/mol. The van der Waals surface area contributed by atoms with Crippen LogP contribution in [0.25, 0.3) is 0 Å². The Bertz CT molecular complexity index is 496. The first-order chi connectivity index (χ1) is 10.2. The molecule has 0 radical (unpaired) electrons. The summed E-state index contributed by atoms with van der Waals surface area (Å²) in [4.78, 5) is 0. The Kier molecular flexibility index (Phi) is 4.60. The van der Waals surface area contributed by atoms with E-state index in [1.807, 2.05) is 0 Å². The van der Waals surface area contributed by atoms with Crippen LogP contribution in [-0.2, 0) is 0 Å². The third kappa shape index (κ3) is 2.87. The molecule has 2 fully saturated rings. The highest BCUT2D eigenvalue weighted by atomic mass is 79.9. The summed E-state index contributed by atoms with van der Waals surface area (Å²) in [5.41, 5.74) is 1.61. The van der Waals surface area contributed by atoms with Gasteiger partial charge in [-0.2, -0.15) is 0 Å². The Morgan fingerprint density at radius 2 is 2.05 bits per heavy atom. The Hall–Kier alpha value is -0.540. The number of halogens is 1. The number of hydrogen-bond donors (Lipinski definition) is 1. The second kappa shape index (κ2) is 6.29. The van der Waals surface area contributed by atoms with Crippen LogP contribution < -0.4 is 10.1 Å². The van der Waals surface area contributed by atoms with E-state index in [0.29, 0.717) is 17.6 Å². The molecule has 2 atom stereocenters. The molecule has 21 heavy (non-hydrogen) atoms. The smallest absolute Gasteiger partial charge is 0.123 e. The van der Waals surface area contributed by atoms with Crippen molar-refractivity contribution in [1.82, 2.24) is 5.32 Å². The van der Waals surface area contributed by atoms with Gasteiger partial charge in [-0.15, -0.1) is 0 Å². The summed E-state index contributed by atoms with van der Waals surface area (Å²) in [6.45, 7) is 5.41. The highest BCUT2D eigenvalue weighted by Gasteiger charge is 2.56. The second-order valence-corrected chi connectivity index (χ2v) is 7.57. The molecule has 116 valence electrons. The minimum atomic E-state index is 0.378. The normalized spacial score (nSPS) is 27.4. The fraction of sp³-hybridized carbons (Fsp3) is 0.667. The third-order valence-electron chi connectivity index (χ3n) is 5.44. The molecular formula is C18H26BrNO. The number of ether oxygens (including phenoxy) is 1. The van der Waals surface area contributed by atoms with Crippen LogP contribution in [0.15, 0.2) is 22.7 Å². The van der Waals surface area contributed by atoms with Crippen molar-refractivity contribution in [2.45, 2.75) is 64.5 Å². The van der Waals surface area contributed by atoms with Gasteiger partial charge in [-0.3, -0.25) is 0 Å². The number of hydrogen-bond acceptors (Lipinski definition) is 2. The van der Waals surface area contributed by atoms with Gasteiger partial charge in [0.05, 0.1) is 0 Å². The molecule has 1 aromatic rings. The molecule has 0 heterocycles. The maximum atomic E-state index is 6.46. The summed E-state index contributed by atoms with van der Waals surface area (Å²) in [5.74, 6) is 1.05. The molecule has 0 amide bonds. The Balaban J connectivity index is 1.77. The van der Waals surface area contributed by atoms with Crippen molar-refractivity contribution >= 4 is 15.9 Å². The van der Waals surface area contributed by atoms with E-state index < -0.39 is 0 Å². The lowest BCUT2D eigenvalue weighted by Crippen LogP contribution is -2.65. The van der Waals surface area contributed by atoms with E-state index in [1.165, 1.54) is 37.7 Å². The van der Waals surface area contributed by atoms with Crippen LogP contribution in [0.1, 0.15) is 51.0 Å². The molecule has 2 nitrogen and oxygen atoms in total. The zero-order chi connectivity index (χ0) is 14.9. The maximum Gasteiger partial charge on any atom is 0.123 e. The zero-order valence-corrected chi connectivity index (χ0v) is 14.7. The number of benzene rings is 1. The Morgan fingerprint density at radius 1 is 1.29 bits per heavy atom. The Morgan fingerprint density at radius 3 is 2.76 bits per heavy atom. The van der Waals surface area contributed by atoms with E-state index in [0.717, 1.165) is 23.2 Å². The van der Waals surface area contributed by atoms with Crippen molar-refractivity contribution in [2.24, 2.45) is 5.41 Å². The molecule has 1 spiro atoms. The molecule has 3 rings (SSSR count). The van der Waals surface area contributed by atoms with E-state index in [4.69, 9.17) is 4.74 Å². The van der Waals surface area contributed by atoms with Crippen LogP contribution in [0.4, 0.5) is 0 Å². The standard InChI is InChI=1S/C18H26BrNO/c1-3-20-16-12-17(18(16)9-5-4-6-10-18)21-15-11-14(19)8-7-13(15)2/h7-8,11,16-17,20H,3-6,9-10,12H2,1-2H3. The highest BCUT2D eigenvalue weighted by Crippen LogP contribution is 2.53. The summed E-state index contributed by atoms with van der Waals surface area (Å²) >= 11 is 3.56. The highest BCUT2D eigenvalue weighted by molar-refractivity contribution is 9.10. The first kappa shape index (κ1) is 15.4. The molecule has 3 heteroatoms. The molecular weight excluding hydrogens is 326 g/mol. The topological polar surface area (TPSA) is 21.3 Å². The molecule has 2 saturated carbocycles. The van der Waals surface area contributed by atoms with Gasteiger partial charge in [0.1, 0.15) is 11.9 Å². The van der Waals surface area contributed by atoms with Crippen molar-refractivity contribution in [3.8, 4) is 5.75 Å². The SMILES string of the molecule is CCNC1CC(Oc2cc(Br)ccc2C)C12CCCCC2. The van der Waals surface area contributed by atoms with Crippen molar-refractivity contribution in [2.75, 3.05) is 6.54 Å². The van der Waals surface area contributed by atoms with Crippen molar-refractivity contribution in [3.05, 3.63) is 28.2 Å². The van der Waals surface area contributed by atoms with E-state index in [2.05, 4.69) is 53.3 Å². The zero-order valence-electron chi connectivity index (χ0n) is 13.1. The average Bonchev–Trinajstić information content (AvgIpc) is 2.50. The summed E-state index contributed by atoms with van der Waals surface area (Å²) in [6, 6.07) is 6.99. The molecule has 2 unspecified atom stereocenters. The predicted octanol–water partition coefficient (Wildman–Crippen LogP) is 4.84. The van der Waals surface area contributed by atoms with Crippen molar-refractivity contribution in [3.63, 3.8) is 0 Å². The first-order valence-electron chi connectivity index (χ1n) is 8.32. The van der Waals surface area contributed by atoms with Gasteiger partial charge < -0.3 is 10.1 Å². The Labute approximate surface area is 136 Å². The number of rotatable bonds is 4. The van der Waals surface area contributed by atoms with E-state index in [1.54, 1.807) is 0 Å². The number of nitrogens with one attached hydrogen (secondary N) is 1.